The Hall–Kier alpha value is -1.14. The zero-order valence-electron chi connectivity index (χ0n) is 19.6. The molecule has 0 saturated carbocycles. The Labute approximate surface area is 184 Å². The number of hydrogen-bond acceptors (Lipinski definition) is 4. The Morgan fingerprint density at radius 1 is 0.667 bits per heavy atom. The topological polar surface area (TPSA) is 64.7 Å². The number of rotatable bonds is 13. The molecule has 0 aromatic rings. The molecule has 2 aliphatic heterocycles. The van der Waals surface area contributed by atoms with E-state index in [-0.39, 0.29) is 11.8 Å². The van der Waals surface area contributed by atoms with E-state index < -0.39 is 0 Å². The fraction of sp³-hybridized carbons (Fsp3) is 0.917. The van der Waals surface area contributed by atoms with Gasteiger partial charge >= 0.3 is 0 Å². The highest BCUT2D eigenvalue weighted by atomic mass is 16.2. The van der Waals surface area contributed by atoms with Crippen LogP contribution in [0.5, 0.6) is 0 Å². The minimum Gasteiger partial charge on any atom is -0.356 e. The molecule has 6 nitrogen and oxygen atoms in total. The summed E-state index contributed by atoms with van der Waals surface area (Å²) in [6, 6.07) is 0. The van der Waals surface area contributed by atoms with E-state index in [2.05, 4.69) is 34.3 Å². The maximum atomic E-state index is 12.0. The molecule has 0 radical (unpaired) electrons. The fourth-order valence-corrected chi connectivity index (χ4v) is 4.33. The Kier molecular flexibility index (Phi) is 12.4. The van der Waals surface area contributed by atoms with Gasteiger partial charge in [0.15, 0.2) is 0 Å². The molecule has 2 rings (SSSR count). The maximum Gasteiger partial charge on any atom is 0.221 e. The molecule has 0 atom stereocenters. The van der Waals surface area contributed by atoms with Crippen LogP contribution in [-0.4, -0.2) is 74.0 Å². The van der Waals surface area contributed by atoms with Gasteiger partial charge < -0.3 is 20.4 Å². The molecule has 2 heterocycles. The summed E-state index contributed by atoms with van der Waals surface area (Å²) in [7, 11) is 0. The SMILES string of the molecule is CC1CCN(CCC(=O)NCCCCCCNC(=O)CCN2CCC(C)CC2)CC1. The number of nitrogens with one attached hydrogen (secondary N) is 2. The molecule has 2 fully saturated rings. The first-order valence-corrected chi connectivity index (χ1v) is 12.5. The predicted molar refractivity (Wildman–Crippen MR) is 123 cm³/mol. The predicted octanol–water partition coefficient (Wildman–Crippen LogP) is 3.02. The molecule has 2 saturated heterocycles. The first-order valence-electron chi connectivity index (χ1n) is 12.5. The van der Waals surface area contributed by atoms with Gasteiger partial charge in [0.2, 0.25) is 11.8 Å². The molecule has 0 aliphatic carbocycles. The van der Waals surface area contributed by atoms with Crippen molar-refractivity contribution in [3.8, 4) is 0 Å². The van der Waals surface area contributed by atoms with Crippen molar-refractivity contribution in [2.45, 2.75) is 78.1 Å². The van der Waals surface area contributed by atoms with E-state index in [1.165, 1.54) is 25.7 Å². The molecule has 6 heteroatoms. The number of hydrogen-bond donors (Lipinski definition) is 2. The van der Waals surface area contributed by atoms with E-state index in [9.17, 15) is 9.59 Å². The summed E-state index contributed by atoms with van der Waals surface area (Å²) in [5.41, 5.74) is 0. The van der Waals surface area contributed by atoms with Gasteiger partial charge in [0, 0.05) is 39.0 Å². The van der Waals surface area contributed by atoms with Crippen LogP contribution in [0.4, 0.5) is 0 Å². The first kappa shape index (κ1) is 25.1. The summed E-state index contributed by atoms with van der Waals surface area (Å²) in [5.74, 6) is 2.05. The average Bonchev–Trinajstić information content (AvgIpc) is 2.74. The van der Waals surface area contributed by atoms with Crippen molar-refractivity contribution in [1.29, 1.82) is 0 Å². The third-order valence-corrected chi connectivity index (χ3v) is 6.81. The van der Waals surface area contributed by atoms with E-state index in [0.29, 0.717) is 12.8 Å². The average molecular weight is 423 g/mol. The standard InChI is InChI=1S/C24H46N4O2/c1-21-7-15-27(16-8-21)19-11-23(29)25-13-5-3-4-6-14-26-24(30)12-20-28-17-9-22(2)10-18-28/h21-22H,3-20H2,1-2H3,(H,25,29)(H,26,30). The first-order chi connectivity index (χ1) is 14.5. The lowest BCUT2D eigenvalue weighted by Crippen LogP contribution is -2.36. The lowest BCUT2D eigenvalue weighted by Gasteiger charge is -2.29. The second-order valence-corrected chi connectivity index (χ2v) is 9.66. The highest BCUT2D eigenvalue weighted by Crippen LogP contribution is 2.16. The highest BCUT2D eigenvalue weighted by molar-refractivity contribution is 5.76. The molecular formula is C24H46N4O2. The summed E-state index contributed by atoms with van der Waals surface area (Å²) < 4.78 is 0. The normalized spacial score (nSPS) is 19.7. The van der Waals surface area contributed by atoms with E-state index in [1.807, 2.05) is 0 Å². The fourth-order valence-electron chi connectivity index (χ4n) is 4.33. The second-order valence-electron chi connectivity index (χ2n) is 9.66. The van der Waals surface area contributed by atoms with Crippen molar-refractivity contribution in [2.24, 2.45) is 11.8 Å². The van der Waals surface area contributed by atoms with Crippen LogP contribution in [-0.2, 0) is 9.59 Å². The smallest absolute Gasteiger partial charge is 0.221 e. The molecule has 2 N–H and O–H groups in total. The van der Waals surface area contributed by atoms with Gasteiger partial charge in [0.05, 0.1) is 0 Å². The van der Waals surface area contributed by atoms with E-state index in [1.54, 1.807) is 0 Å². The van der Waals surface area contributed by atoms with Gasteiger partial charge in [-0.15, -0.1) is 0 Å². The molecule has 0 bridgehead atoms. The lowest BCUT2D eigenvalue weighted by molar-refractivity contribution is -0.122. The summed E-state index contributed by atoms with van der Waals surface area (Å²) in [4.78, 5) is 28.8. The van der Waals surface area contributed by atoms with E-state index >= 15 is 0 Å². The number of likely N-dealkylation sites (tertiary alicyclic amines) is 2. The Morgan fingerprint density at radius 2 is 1.03 bits per heavy atom. The van der Waals surface area contributed by atoms with Crippen LogP contribution in [0.2, 0.25) is 0 Å². The van der Waals surface area contributed by atoms with Crippen molar-refractivity contribution in [3.05, 3.63) is 0 Å². The molecule has 2 aliphatic rings. The molecular weight excluding hydrogens is 376 g/mol. The van der Waals surface area contributed by atoms with Crippen LogP contribution in [0.25, 0.3) is 0 Å². The van der Waals surface area contributed by atoms with Crippen molar-refractivity contribution in [2.75, 3.05) is 52.4 Å². The summed E-state index contributed by atoms with van der Waals surface area (Å²) in [6.45, 7) is 12.5. The van der Waals surface area contributed by atoms with E-state index in [0.717, 1.165) is 89.9 Å². The molecule has 174 valence electrons. The molecule has 0 aromatic heterocycles. The lowest BCUT2D eigenvalue weighted by atomic mass is 9.99. The van der Waals surface area contributed by atoms with Gasteiger partial charge in [-0.25, -0.2) is 0 Å². The van der Waals surface area contributed by atoms with Crippen LogP contribution in [0.3, 0.4) is 0 Å². The van der Waals surface area contributed by atoms with Crippen LogP contribution in [0.15, 0.2) is 0 Å². The van der Waals surface area contributed by atoms with Crippen LogP contribution < -0.4 is 10.6 Å². The van der Waals surface area contributed by atoms with Crippen LogP contribution in [0, 0.1) is 11.8 Å². The second kappa shape index (κ2) is 14.8. The quantitative estimate of drug-likeness (QED) is 0.448. The highest BCUT2D eigenvalue weighted by Gasteiger charge is 2.17. The minimum absolute atomic E-state index is 0.184. The molecule has 0 aromatic carbocycles. The van der Waals surface area contributed by atoms with Gasteiger partial charge in [0.25, 0.3) is 0 Å². The van der Waals surface area contributed by atoms with Crippen molar-refractivity contribution >= 4 is 11.8 Å². The van der Waals surface area contributed by atoms with Gasteiger partial charge in [-0.3, -0.25) is 9.59 Å². The Bertz CT molecular complexity index is 440. The number of nitrogens with zero attached hydrogens (tertiary/aromatic N) is 2. The van der Waals surface area contributed by atoms with Crippen molar-refractivity contribution in [1.82, 2.24) is 20.4 Å². The monoisotopic (exact) mass is 422 g/mol. The van der Waals surface area contributed by atoms with Crippen molar-refractivity contribution < 1.29 is 9.59 Å². The summed E-state index contributed by atoms with van der Waals surface area (Å²) in [6.07, 6.45) is 10.5. The third-order valence-electron chi connectivity index (χ3n) is 6.81. The Morgan fingerprint density at radius 3 is 1.40 bits per heavy atom. The van der Waals surface area contributed by atoms with Gasteiger partial charge in [-0.1, -0.05) is 26.7 Å². The van der Waals surface area contributed by atoms with Gasteiger partial charge in [-0.2, -0.15) is 0 Å². The maximum absolute atomic E-state index is 12.0. The zero-order chi connectivity index (χ0) is 21.6. The van der Waals surface area contributed by atoms with Crippen LogP contribution >= 0.6 is 0 Å². The summed E-state index contributed by atoms with van der Waals surface area (Å²) >= 11 is 0. The molecule has 2 amide bonds. The molecule has 30 heavy (non-hydrogen) atoms. The number of carbonyl (C=O) groups excluding carboxylic acids is 2. The number of piperidine rings is 2. The molecule has 0 spiro atoms. The van der Waals surface area contributed by atoms with Crippen molar-refractivity contribution in [3.63, 3.8) is 0 Å². The van der Waals surface area contributed by atoms with E-state index in [4.69, 9.17) is 0 Å². The number of unbranched alkanes of at least 4 members (excludes halogenated alkanes) is 3. The van der Waals surface area contributed by atoms with Gasteiger partial charge in [-0.05, 0) is 76.5 Å². The van der Waals surface area contributed by atoms with Crippen LogP contribution in [0.1, 0.15) is 78.1 Å². The number of carbonyl (C=O) groups is 2. The number of amides is 2. The summed E-state index contributed by atoms with van der Waals surface area (Å²) in [5, 5.41) is 6.10. The molecule has 0 unspecified atom stereocenters. The Balaban J connectivity index is 1.34. The largest absolute Gasteiger partial charge is 0.356 e. The minimum atomic E-state index is 0.184. The third kappa shape index (κ3) is 11.3. The zero-order valence-corrected chi connectivity index (χ0v) is 19.6. The van der Waals surface area contributed by atoms with Gasteiger partial charge in [0.1, 0.15) is 0 Å².